The molecule has 0 bridgehead atoms. The van der Waals surface area contributed by atoms with E-state index in [1.807, 2.05) is 6.07 Å². The highest BCUT2D eigenvalue weighted by molar-refractivity contribution is 5.87. The van der Waals surface area contributed by atoms with E-state index in [4.69, 9.17) is 5.26 Å². The molecule has 7 heteroatoms. The smallest absolute Gasteiger partial charge is 0.252 e. The monoisotopic (exact) mass is 344 g/mol. The van der Waals surface area contributed by atoms with Crippen molar-refractivity contribution in [1.29, 1.82) is 5.26 Å². The molecule has 2 aliphatic rings. The molecule has 1 aromatic carbocycles. The third-order valence-electron chi connectivity index (χ3n) is 4.25. The molecule has 1 unspecified atom stereocenters. The lowest BCUT2D eigenvalue weighted by Crippen LogP contribution is -2.30. The van der Waals surface area contributed by atoms with Gasteiger partial charge in [-0.25, -0.2) is 13.2 Å². The van der Waals surface area contributed by atoms with E-state index in [-0.39, 0.29) is 25.2 Å². The Bertz CT molecular complexity index is 816. The molecule has 1 atom stereocenters. The van der Waals surface area contributed by atoms with E-state index in [1.54, 1.807) is 36.5 Å². The minimum atomic E-state index is -2.68. The fraction of sp³-hybridized carbons (Fsp3) is 0.278. The maximum absolute atomic E-state index is 14.5. The lowest BCUT2D eigenvalue weighted by Gasteiger charge is -2.25. The van der Waals surface area contributed by atoms with Crippen LogP contribution in [0.25, 0.3) is 5.57 Å². The van der Waals surface area contributed by atoms with Crippen molar-refractivity contribution in [3.05, 3.63) is 53.5 Å². The van der Waals surface area contributed by atoms with E-state index < -0.39 is 17.7 Å². The van der Waals surface area contributed by atoms with Crippen molar-refractivity contribution in [2.75, 3.05) is 6.54 Å². The highest BCUT2D eigenvalue weighted by Crippen LogP contribution is 2.51. The van der Waals surface area contributed by atoms with Crippen LogP contribution in [-0.4, -0.2) is 29.9 Å². The van der Waals surface area contributed by atoms with Crippen molar-refractivity contribution in [1.82, 2.24) is 4.90 Å². The molecule has 0 saturated heterocycles. The number of allylic oxidation sites excluding steroid dienone is 2. The molecule has 128 valence electrons. The summed E-state index contributed by atoms with van der Waals surface area (Å²) < 4.78 is 40.8. The maximum atomic E-state index is 14.5. The van der Waals surface area contributed by atoms with Crippen molar-refractivity contribution in [2.45, 2.75) is 18.8 Å². The van der Waals surface area contributed by atoms with E-state index in [1.165, 1.54) is 4.90 Å². The van der Waals surface area contributed by atoms with Gasteiger partial charge in [-0.3, -0.25) is 0 Å². The first-order valence-corrected chi connectivity index (χ1v) is 7.69. The van der Waals surface area contributed by atoms with Crippen LogP contribution >= 0.6 is 0 Å². The summed E-state index contributed by atoms with van der Waals surface area (Å²) in [5, 5.41) is 16.0. The first-order chi connectivity index (χ1) is 11.9. The number of nitrogens with zero attached hydrogens (tertiary/aromatic N) is 4. The van der Waals surface area contributed by atoms with Crippen molar-refractivity contribution in [3.8, 4) is 6.07 Å². The van der Waals surface area contributed by atoms with Gasteiger partial charge in [0.25, 0.3) is 5.92 Å². The second-order valence-corrected chi connectivity index (χ2v) is 5.98. The van der Waals surface area contributed by atoms with Crippen LogP contribution in [0, 0.1) is 17.2 Å². The van der Waals surface area contributed by atoms with Gasteiger partial charge in [0.05, 0.1) is 18.2 Å². The molecule has 1 fully saturated rings. The number of hydrogen-bond donors (Lipinski definition) is 0. The predicted molar refractivity (Wildman–Crippen MR) is 89.7 cm³/mol. The molecule has 1 heterocycles. The Kier molecular flexibility index (Phi) is 4.45. The molecular weight excluding hydrogens is 329 g/mol. The number of nitriles is 1. The van der Waals surface area contributed by atoms with Crippen LogP contribution in [0.2, 0.25) is 0 Å². The van der Waals surface area contributed by atoms with Crippen LogP contribution in [-0.2, 0) is 0 Å². The van der Waals surface area contributed by atoms with Crippen LogP contribution in [0.3, 0.4) is 0 Å². The van der Waals surface area contributed by atoms with Crippen molar-refractivity contribution >= 4 is 18.1 Å². The Morgan fingerprint density at radius 3 is 2.56 bits per heavy atom. The first kappa shape index (κ1) is 17.0. The molecule has 1 aliphatic heterocycles. The SMILES string of the molecule is C=N/N=C(/CC1CC1(F)F)N1C=CC(c2ccc(C#N)cc2)=C(F)C1. The summed E-state index contributed by atoms with van der Waals surface area (Å²) in [4.78, 5) is 1.46. The summed E-state index contributed by atoms with van der Waals surface area (Å²) in [5.41, 5.74) is 1.52. The summed E-state index contributed by atoms with van der Waals surface area (Å²) >= 11 is 0. The second kappa shape index (κ2) is 6.55. The Morgan fingerprint density at radius 1 is 1.36 bits per heavy atom. The van der Waals surface area contributed by atoms with E-state index in [0.29, 0.717) is 16.7 Å². The van der Waals surface area contributed by atoms with Crippen LogP contribution in [0.4, 0.5) is 13.2 Å². The Labute approximate surface area is 143 Å². The van der Waals surface area contributed by atoms with Crippen LogP contribution in [0.1, 0.15) is 24.0 Å². The molecule has 0 N–H and O–H groups in total. The normalized spacial score (nSPS) is 21.9. The molecule has 1 saturated carbocycles. The molecular formula is C18H15F3N4. The predicted octanol–water partition coefficient (Wildman–Crippen LogP) is 4.13. The lowest BCUT2D eigenvalue weighted by atomic mass is 10.0. The minimum Gasteiger partial charge on any atom is -0.328 e. The third-order valence-corrected chi connectivity index (χ3v) is 4.25. The van der Waals surface area contributed by atoms with Gasteiger partial charge < -0.3 is 4.90 Å². The van der Waals surface area contributed by atoms with Gasteiger partial charge in [-0.05, 0) is 23.8 Å². The minimum absolute atomic E-state index is 0.0237. The van der Waals surface area contributed by atoms with Gasteiger partial charge in [-0.2, -0.15) is 10.4 Å². The first-order valence-electron chi connectivity index (χ1n) is 7.69. The Balaban J connectivity index is 1.76. The average molecular weight is 344 g/mol. The number of rotatable bonds is 4. The highest BCUT2D eigenvalue weighted by atomic mass is 19.3. The number of benzene rings is 1. The largest absolute Gasteiger partial charge is 0.328 e. The quantitative estimate of drug-likeness (QED) is 0.468. The van der Waals surface area contributed by atoms with Crippen molar-refractivity contribution in [2.24, 2.45) is 16.1 Å². The Hall–Kier alpha value is -2.88. The van der Waals surface area contributed by atoms with E-state index >= 15 is 0 Å². The summed E-state index contributed by atoms with van der Waals surface area (Å²) in [6.07, 6.45) is 3.00. The van der Waals surface area contributed by atoms with Crippen LogP contribution < -0.4 is 0 Å². The van der Waals surface area contributed by atoms with Crippen LogP contribution in [0.5, 0.6) is 0 Å². The van der Waals surface area contributed by atoms with Gasteiger partial charge in [0.1, 0.15) is 11.7 Å². The maximum Gasteiger partial charge on any atom is 0.252 e. The van der Waals surface area contributed by atoms with Crippen LogP contribution in [0.15, 0.2) is 52.6 Å². The fourth-order valence-corrected chi connectivity index (χ4v) is 2.71. The number of amidine groups is 1. The van der Waals surface area contributed by atoms with Crippen molar-refractivity contribution in [3.63, 3.8) is 0 Å². The summed E-state index contributed by atoms with van der Waals surface area (Å²) in [7, 11) is 0. The van der Waals surface area contributed by atoms with Gasteiger partial charge in [0, 0.05) is 37.3 Å². The van der Waals surface area contributed by atoms with Gasteiger partial charge >= 0.3 is 0 Å². The molecule has 4 nitrogen and oxygen atoms in total. The molecule has 0 aromatic heterocycles. The summed E-state index contributed by atoms with van der Waals surface area (Å²) in [5.74, 6) is -3.61. The van der Waals surface area contributed by atoms with Gasteiger partial charge in [-0.15, -0.1) is 5.10 Å². The van der Waals surface area contributed by atoms with Gasteiger partial charge in [-0.1, -0.05) is 12.1 Å². The molecule has 1 aliphatic carbocycles. The third kappa shape index (κ3) is 3.63. The standard InChI is InChI=1S/C18H15F3N4/c1-23-24-17(8-14-9-18(14,20)21)25-7-6-15(16(19)11-25)13-4-2-12(10-22)3-5-13/h2-7,14H,1,8-9,11H2/b24-17-. The summed E-state index contributed by atoms with van der Waals surface area (Å²) in [6, 6.07) is 8.56. The zero-order chi connectivity index (χ0) is 18.0. The van der Waals surface area contributed by atoms with Crippen molar-refractivity contribution < 1.29 is 13.2 Å². The fourth-order valence-electron chi connectivity index (χ4n) is 2.71. The van der Waals surface area contributed by atoms with Gasteiger partial charge in [0.2, 0.25) is 0 Å². The second-order valence-electron chi connectivity index (χ2n) is 5.98. The lowest BCUT2D eigenvalue weighted by molar-refractivity contribution is 0.0998. The zero-order valence-electron chi connectivity index (χ0n) is 13.3. The van der Waals surface area contributed by atoms with E-state index in [0.717, 1.165) is 0 Å². The molecule has 0 spiro atoms. The van der Waals surface area contributed by atoms with Gasteiger partial charge in [0.15, 0.2) is 0 Å². The number of alkyl halides is 2. The molecule has 1 aromatic rings. The summed E-state index contributed by atoms with van der Waals surface area (Å²) in [6.45, 7) is 3.14. The average Bonchev–Trinajstić information content (AvgIpc) is 3.21. The molecule has 25 heavy (non-hydrogen) atoms. The number of hydrogen-bond acceptors (Lipinski definition) is 3. The van der Waals surface area contributed by atoms with E-state index in [9.17, 15) is 13.2 Å². The molecule has 3 rings (SSSR count). The molecule has 0 amide bonds. The highest BCUT2D eigenvalue weighted by Gasteiger charge is 2.57. The molecule has 0 radical (unpaired) electrons. The van der Waals surface area contributed by atoms with E-state index in [2.05, 4.69) is 16.9 Å². The Morgan fingerprint density at radius 2 is 2.04 bits per heavy atom. The zero-order valence-corrected chi connectivity index (χ0v) is 13.3. The topological polar surface area (TPSA) is 51.8 Å². The number of halogens is 3.